The zero-order valence-electron chi connectivity index (χ0n) is 13.0. The molecular formula is C16H20F3N3O. The van der Waals surface area contributed by atoms with E-state index in [0.29, 0.717) is 6.54 Å². The number of benzene rings is 1. The topological polar surface area (TPSA) is 50.1 Å². The molecule has 0 radical (unpaired) electrons. The van der Waals surface area contributed by atoms with E-state index >= 15 is 0 Å². The fourth-order valence-corrected chi connectivity index (χ4v) is 2.26. The largest absolute Gasteiger partial charge is 0.416 e. The first-order valence-electron chi connectivity index (χ1n) is 7.29. The van der Waals surface area contributed by atoms with Gasteiger partial charge in [0.15, 0.2) is 0 Å². The van der Waals surface area contributed by atoms with Crippen LogP contribution < -0.4 is 5.32 Å². The van der Waals surface area contributed by atoms with Crippen LogP contribution in [-0.4, -0.2) is 27.5 Å². The van der Waals surface area contributed by atoms with Crippen molar-refractivity contribution in [2.75, 3.05) is 6.54 Å². The molecule has 4 nitrogen and oxygen atoms in total. The highest BCUT2D eigenvalue weighted by atomic mass is 19.4. The molecule has 2 N–H and O–H groups in total. The summed E-state index contributed by atoms with van der Waals surface area (Å²) in [6.45, 7) is 4.16. The van der Waals surface area contributed by atoms with Gasteiger partial charge in [-0.3, -0.25) is 4.68 Å². The Hall–Kier alpha value is -1.86. The van der Waals surface area contributed by atoms with E-state index in [1.807, 2.05) is 19.2 Å². The van der Waals surface area contributed by atoms with E-state index in [1.54, 1.807) is 10.9 Å². The summed E-state index contributed by atoms with van der Waals surface area (Å²) < 4.78 is 40.1. The quantitative estimate of drug-likeness (QED) is 0.858. The van der Waals surface area contributed by atoms with E-state index in [2.05, 4.69) is 10.4 Å². The van der Waals surface area contributed by atoms with Gasteiger partial charge in [0, 0.05) is 25.0 Å². The molecule has 0 amide bonds. The Labute approximate surface area is 132 Å². The van der Waals surface area contributed by atoms with Crippen LogP contribution in [0.25, 0.3) is 0 Å². The zero-order valence-corrected chi connectivity index (χ0v) is 13.0. The third kappa shape index (κ3) is 4.80. The number of hydrogen-bond donors (Lipinski definition) is 2. The minimum absolute atomic E-state index is 0.00664. The lowest BCUT2D eigenvalue weighted by Crippen LogP contribution is -2.41. The van der Waals surface area contributed by atoms with E-state index in [1.165, 1.54) is 19.1 Å². The van der Waals surface area contributed by atoms with Gasteiger partial charge in [0.25, 0.3) is 0 Å². The van der Waals surface area contributed by atoms with Crippen LogP contribution in [0.3, 0.4) is 0 Å². The number of aliphatic hydroxyl groups is 1. The Kier molecular flexibility index (Phi) is 5.11. The predicted molar refractivity (Wildman–Crippen MR) is 80.7 cm³/mol. The van der Waals surface area contributed by atoms with Gasteiger partial charge >= 0.3 is 6.18 Å². The average molecular weight is 327 g/mol. The van der Waals surface area contributed by atoms with Crippen LogP contribution in [-0.2, 0) is 18.3 Å². The molecular weight excluding hydrogens is 307 g/mol. The van der Waals surface area contributed by atoms with Crippen molar-refractivity contribution < 1.29 is 18.3 Å². The number of rotatable bonds is 6. The van der Waals surface area contributed by atoms with E-state index in [9.17, 15) is 18.3 Å². The number of alkyl halides is 3. The first kappa shape index (κ1) is 17.5. The van der Waals surface area contributed by atoms with E-state index in [0.717, 1.165) is 12.1 Å². The van der Waals surface area contributed by atoms with Gasteiger partial charge in [-0.2, -0.15) is 18.3 Å². The summed E-state index contributed by atoms with van der Waals surface area (Å²) in [7, 11) is 0. The highest BCUT2D eigenvalue weighted by Gasteiger charge is 2.32. The second kappa shape index (κ2) is 6.72. The molecule has 23 heavy (non-hydrogen) atoms. The molecule has 1 heterocycles. The molecule has 2 atom stereocenters. The number of halogens is 3. The van der Waals surface area contributed by atoms with Crippen LogP contribution >= 0.6 is 0 Å². The molecule has 0 saturated carbocycles. The molecule has 0 fully saturated rings. The lowest BCUT2D eigenvalue weighted by molar-refractivity contribution is -0.137. The summed E-state index contributed by atoms with van der Waals surface area (Å²) in [6.07, 6.45) is -0.929. The van der Waals surface area contributed by atoms with Gasteiger partial charge in [0.1, 0.15) is 0 Å². The Morgan fingerprint density at radius 2 is 1.96 bits per heavy atom. The molecule has 7 heteroatoms. The molecule has 126 valence electrons. The number of hydrogen-bond acceptors (Lipinski definition) is 3. The first-order chi connectivity index (χ1) is 10.7. The van der Waals surface area contributed by atoms with E-state index in [4.69, 9.17) is 0 Å². The standard InChI is InChI=1S/C16H20F3N3O/c1-12(10-22-8-4-7-21-22)20-11-15(2,23)13-5-3-6-14(9-13)16(17,18)19/h3-9,12,20,23H,10-11H2,1-2H3. The summed E-state index contributed by atoms with van der Waals surface area (Å²) in [5, 5.41) is 17.7. The van der Waals surface area contributed by atoms with Crippen molar-refractivity contribution in [2.45, 2.75) is 38.2 Å². The maximum Gasteiger partial charge on any atom is 0.416 e. The molecule has 2 aromatic rings. The maximum atomic E-state index is 12.8. The van der Waals surface area contributed by atoms with Crippen molar-refractivity contribution in [3.05, 3.63) is 53.9 Å². The Morgan fingerprint density at radius 3 is 2.57 bits per heavy atom. The Bertz CT molecular complexity index is 624. The molecule has 2 rings (SSSR count). The number of nitrogens with zero attached hydrogens (tertiary/aromatic N) is 2. The Balaban J connectivity index is 2.01. The monoisotopic (exact) mass is 327 g/mol. The van der Waals surface area contributed by atoms with Gasteiger partial charge in [-0.15, -0.1) is 0 Å². The highest BCUT2D eigenvalue weighted by Crippen LogP contribution is 2.31. The molecule has 0 aliphatic heterocycles. The zero-order chi connectivity index (χ0) is 17.1. The van der Waals surface area contributed by atoms with Crippen molar-refractivity contribution >= 4 is 0 Å². The molecule has 1 aromatic carbocycles. The fourth-order valence-electron chi connectivity index (χ4n) is 2.26. The fraction of sp³-hybridized carbons (Fsp3) is 0.438. The van der Waals surface area contributed by atoms with Crippen molar-refractivity contribution in [1.82, 2.24) is 15.1 Å². The van der Waals surface area contributed by atoms with Crippen molar-refractivity contribution in [1.29, 1.82) is 0 Å². The van der Waals surface area contributed by atoms with Crippen LogP contribution in [0.1, 0.15) is 25.0 Å². The summed E-state index contributed by atoms with van der Waals surface area (Å²) in [5.41, 5.74) is -1.94. The lowest BCUT2D eigenvalue weighted by atomic mass is 9.94. The maximum absolute atomic E-state index is 12.8. The van der Waals surface area contributed by atoms with E-state index in [-0.39, 0.29) is 18.2 Å². The minimum Gasteiger partial charge on any atom is -0.384 e. The summed E-state index contributed by atoms with van der Waals surface area (Å²) >= 11 is 0. The molecule has 1 aromatic heterocycles. The average Bonchev–Trinajstić information content (AvgIpc) is 2.97. The van der Waals surface area contributed by atoms with Crippen LogP contribution in [0.2, 0.25) is 0 Å². The van der Waals surface area contributed by atoms with Crippen molar-refractivity contribution in [3.63, 3.8) is 0 Å². The molecule has 0 spiro atoms. The molecule has 0 bridgehead atoms. The molecule has 0 saturated heterocycles. The molecule has 0 aliphatic rings. The van der Waals surface area contributed by atoms with Crippen LogP contribution in [0.4, 0.5) is 13.2 Å². The normalized spacial score (nSPS) is 16.1. The van der Waals surface area contributed by atoms with Crippen molar-refractivity contribution in [2.24, 2.45) is 0 Å². The second-order valence-electron chi connectivity index (χ2n) is 5.86. The van der Waals surface area contributed by atoms with Crippen LogP contribution in [0.5, 0.6) is 0 Å². The minimum atomic E-state index is -4.42. The van der Waals surface area contributed by atoms with Crippen molar-refractivity contribution in [3.8, 4) is 0 Å². The predicted octanol–water partition coefficient (Wildman–Crippen LogP) is 2.79. The van der Waals surface area contributed by atoms with Gasteiger partial charge in [-0.25, -0.2) is 0 Å². The third-order valence-corrected chi connectivity index (χ3v) is 3.63. The summed E-state index contributed by atoms with van der Waals surface area (Å²) in [5.74, 6) is 0. The molecule has 0 aliphatic carbocycles. The first-order valence-corrected chi connectivity index (χ1v) is 7.29. The second-order valence-corrected chi connectivity index (χ2v) is 5.86. The smallest absolute Gasteiger partial charge is 0.384 e. The van der Waals surface area contributed by atoms with Crippen LogP contribution in [0.15, 0.2) is 42.7 Å². The molecule has 2 unspecified atom stereocenters. The Morgan fingerprint density at radius 1 is 1.26 bits per heavy atom. The van der Waals surface area contributed by atoms with Gasteiger partial charge in [-0.05, 0) is 37.6 Å². The highest BCUT2D eigenvalue weighted by molar-refractivity contribution is 5.29. The van der Waals surface area contributed by atoms with E-state index < -0.39 is 17.3 Å². The van der Waals surface area contributed by atoms with Gasteiger partial charge in [0.2, 0.25) is 0 Å². The van der Waals surface area contributed by atoms with Gasteiger partial charge < -0.3 is 10.4 Å². The number of nitrogens with one attached hydrogen (secondary N) is 1. The third-order valence-electron chi connectivity index (χ3n) is 3.63. The summed E-state index contributed by atoms with van der Waals surface area (Å²) in [4.78, 5) is 0. The SMILES string of the molecule is CC(Cn1cccn1)NCC(C)(O)c1cccc(C(F)(F)F)c1. The van der Waals surface area contributed by atoms with Gasteiger partial charge in [-0.1, -0.05) is 12.1 Å². The number of aromatic nitrogens is 2. The summed E-state index contributed by atoms with van der Waals surface area (Å²) in [6, 6.07) is 6.60. The van der Waals surface area contributed by atoms with Crippen LogP contribution in [0, 0.1) is 0 Å². The van der Waals surface area contributed by atoms with Gasteiger partial charge in [0.05, 0.1) is 17.7 Å². The lowest BCUT2D eigenvalue weighted by Gasteiger charge is -2.27.